The van der Waals surface area contributed by atoms with Gasteiger partial charge in [-0.2, -0.15) is 0 Å². The third-order valence-electron chi connectivity index (χ3n) is 15.8. The molecule has 0 bridgehead atoms. The number of fused-ring (bicyclic) bond motifs is 2. The summed E-state index contributed by atoms with van der Waals surface area (Å²) in [6.07, 6.45) is 8.56. The molecule has 6 aromatic rings. The fourth-order valence-electron chi connectivity index (χ4n) is 11.2. The lowest BCUT2D eigenvalue weighted by molar-refractivity contribution is -0.140. The number of nitrogens with one attached hydrogen (secondary N) is 6. The molecule has 0 spiro atoms. The van der Waals surface area contributed by atoms with Gasteiger partial charge in [-0.05, 0) is 130 Å². The van der Waals surface area contributed by atoms with E-state index in [1.165, 1.54) is 9.80 Å². The van der Waals surface area contributed by atoms with Crippen LogP contribution in [0.4, 0.5) is 0 Å². The largest absolute Gasteiger partial charge is 0.354 e. The maximum absolute atomic E-state index is 15.2. The third-order valence-corrected chi connectivity index (χ3v) is 15.8. The van der Waals surface area contributed by atoms with Crippen LogP contribution in [0.2, 0.25) is 0 Å². The van der Waals surface area contributed by atoms with Gasteiger partial charge in [-0.15, -0.1) is 0 Å². The molecule has 4 heterocycles. The molecule has 8 rings (SSSR count). The number of hydrogen-bond acceptors (Lipinski definition) is 12. The van der Waals surface area contributed by atoms with Gasteiger partial charge >= 0.3 is 0 Å². The zero-order valence-electron chi connectivity index (χ0n) is 49.1. The van der Waals surface area contributed by atoms with Crippen molar-refractivity contribution in [3.63, 3.8) is 0 Å². The first kappa shape index (κ1) is 63.1. The van der Waals surface area contributed by atoms with Gasteiger partial charge in [0.2, 0.25) is 35.4 Å². The molecular formula is C66H80N12O8. The number of pyridine rings is 2. The van der Waals surface area contributed by atoms with Crippen molar-refractivity contribution in [2.75, 3.05) is 39.3 Å². The van der Waals surface area contributed by atoms with E-state index in [-0.39, 0.29) is 61.7 Å². The van der Waals surface area contributed by atoms with Crippen LogP contribution in [0.3, 0.4) is 0 Å². The normalized spacial score (nSPS) is 16.3. The van der Waals surface area contributed by atoms with Crippen LogP contribution in [0.1, 0.15) is 108 Å². The quantitative estimate of drug-likeness (QED) is 0.0191. The van der Waals surface area contributed by atoms with Crippen molar-refractivity contribution in [2.45, 2.75) is 127 Å². The molecule has 0 saturated carbocycles. The monoisotopic (exact) mass is 1170 g/mol. The summed E-state index contributed by atoms with van der Waals surface area (Å²) in [5.41, 5.74) is 15.3. The van der Waals surface area contributed by atoms with Crippen molar-refractivity contribution in [1.29, 1.82) is 0 Å². The summed E-state index contributed by atoms with van der Waals surface area (Å²) >= 11 is 0. The summed E-state index contributed by atoms with van der Waals surface area (Å²) in [4.78, 5) is 127. The van der Waals surface area contributed by atoms with Gasteiger partial charge in [0, 0.05) is 50.6 Å². The highest BCUT2D eigenvalue weighted by atomic mass is 16.2. The third kappa shape index (κ3) is 16.5. The molecule has 452 valence electrons. The van der Waals surface area contributed by atoms with Gasteiger partial charge in [-0.25, -0.2) is 0 Å². The van der Waals surface area contributed by atoms with Gasteiger partial charge in [-0.3, -0.25) is 48.3 Å². The Morgan fingerprint density at radius 1 is 0.547 bits per heavy atom. The van der Waals surface area contributed by atoms with E-state index in [1.807, 2.05) is 111 Å². The van der Waals surface area contributed by atoms with E-state index in [0.29, 0.717) is 94.5 Å². The molecule has 0 aliphatic carbocycles. The first-order chi connectivity index (χ1) is 41.8. The van der Waals surface area contributed by atoms with E-state index in [1.54, 1.807) is 36.5 Å². The summed E-state index contributed by atoms with van der Waals surface area (Å²) in [6, 6.07) is 29.1. The van der Waals surface area contributed by atoms with Crippen molar-refractivity contribution in [2.24, 2.45) is 11.5 Å². The van der Waals surface area contributed by atoms with Crippen LogP contribution in [0.15, 0.2) is 134 Å². The highest BCUT2D eigenvalue weighted by Gasteiger charge is 2.41. The van der Waals surface area contributed by atoms with Crippen molar-refractivity contribution in [1.82, 2.24) is 51.7 Å². The SMILES string of the molecule is CCc1ncccc1C(=O)N[C@@H](CC=CC[C@H](NC(=O)c1cc2cc3ccccc3cc2nc1CC)C(=O)N1CCC[C@H]1C(=O)N[C@@H](Cc1ccccc1)C(=O)NCCCN)C(=O)N1CCC[C@H]1C(=O)N[C@@H](Cc1ccccc1)C(=O)NCCCN. The fourth-order valence-corrected chi connectivity index (χ4v) is 11.2. The van der Waals surface area contributed by atoms with Crippen molar-refractivity contribution in [3.05, 3.63) is 167 Å². The summed E-state index contributed by atoms with van der Waals surface area (Å²) in [6.45, 7) is 5.53. The van der Waals surface area contributed by atoms with Crippen LogP contribution in [-0.4, -0.2) is 143 Å². The topological polar surface area (TPSA) is 293 Å². The zero-order chi connectivity index (χ0) is 61.0. The Morgan fingerprint density at radius 3 is 1.51 bits per heavy atom. The molecule has 86 heavy (non-hydrogen) atoms. The molecule has 0 unspecified atom stereocenters. The molecule has 2 aliphatic rings. The number of nitrogens with two attached hydrogens (primary N) is 2. The molecule has 20 nitrogen and oxygen atoms in total. The van der Waals surface area contributed by atoms with E-state index in [4.69, 9.17) is 16.5 Å². The predicted octanol–water partition coefficient (Wildman–Crippen LogP) is 4.51. The number of nitrogens with zero attached hydrogens (tertiary/aromatic N) is 4. The Kier molecular flexibility index (Phi) is 23.0. The molecule has 6 atom stereocenters. The Balaban J connectivity index is 1.07. The van der Waals surface area contributed by atoms with Gasteiger partial charge in [0.05, 0.1) is 28.0 Å². The first-order valence-electron chi connectivity index (χ1n) is 30.1. The molecule has 10 N–H and O–H groups in total. The Bertz CT molecular complexity index is 3380. The summed E-state index contributed by atoms with van der Waals surface area (Å²) in [5, 5.41) is 20.2. The number of benzene rings is 4. The van der Waals surface area contributed by atoms with Gasteiger partial charge in [0.15, 0.2) is 0 Å². The lowest BCUT2D eigenvalue weighted by Crippen LogP contribution is -2.56. The average Bonchev–Trinajstić information content (AvgIpc) is 1.66. The minimum atomic E-state index is -1.25. The predicted molar refractivity (Wildman–Crippen MR) is 330 cm³/mol. The molecule has 2 aromatic heterocycles. The Hall–Kier alpha value is -8.88. The molecule has 2 fully saturated rings. The minimum Gasteiger partial charge on any atom is -0.354 e. The minimum absolute atomic E-state index is 0.0976. The van der Waals surface area contributed by atoms with Crippen LogP contribution in [0.5, 0.6) is 0 Å². The van der Waals surface area contributed by atoms with Gasteiger partial charge in [-0.1, -0.05) is 111 Å². The highest BCUT2D eigenvalue weighted by Crippen LogP contribution is 2.26. The number of aromatic nitrogens is 2. The van der Waals surface area contributed by atoms with Gasteiger partial charge in [0.25, 0.3) is 11.8 Å². The highest BCUT2D eigenvalue weighted by molar-refractivity contribution is 6.04. The van der Waals surface area contributed by atoms with Crippen molar-refractivity contribution >= 4 is 68.9 Å². The molecule has 0 radical (unpaired) electrons. The fraction of sp³-hybridized carbons (Fsp3) is 0.394. The summed E-state index contributed by atoms with van der Waals surface area (Å²) < 4.78 is 0. The Labute approximate surface area is 502 Å². The van der Waals surface area contributed by atoms with Crippen LogP contribution >= 0.6 is 0 Å². The number of likely N-dealkylation sites (tertiary alicyclic amines) is 2. The molecule has 2 aliphatic heterocycles. The van der Waals surface area contributed by atoms with Gasteiger partial charge in [0.1, 0.15) is 36.3 Å². The van der Waals surface area contributed by atoms with E-state index >= 15 is 4.79 Å². The molecule has 20 heteroatoms. The number of aryl methyl sites for hydroxylation is 2. The maximum Gasteiger partial charge on any atom is 0.253 e. The van der Waals surface area contributed by atoms with Crippen LogP contribution < -0.4 is 43.4 Å². The smallest absolute Gasteiger partial charge is 0.253 e. The average molecular weight is 1170 g/mol. The summed E-state index contributed by atoms with van der Waals surface area (Å²) in [7, 11) is 0. The number of amides is 8. The van der Waals surface area contributed by atoms with Crippen molar-refractivity contribution < 1.29 is 38.4 Å². The lowest BCUT2D eigenvalue weighted by atomic mass is 10.0. The standard InChI is InChI=1S/C66H80N12O8/c1-3-50-48(26-15-33-69-50)59(79)73-52(65(85)77-36-16-29-57(77)63(83)75-55(61(81)70-34-18-31-67)38-43-20-7-5-8-21-43)27-13-14-28-53(74-60(80)49-41-47-40-45-24-11-12-25-46(45)42-54(47)72-51(49)4-2)66(86)78-37-17-30-58(78)64(84)76-56(62(82)71-35-19-32-68)39-44-22-9-6-10-23-44/h5-15,20-26,33,40-42,52-53,55-58H,3-4,16-19,27-32,34-39,67-68H2,1-2H3,(H,70,81)(H,71,82)(H,73,79)(H,74,80)(H,75,83)(H,76,84)/t52-,53-,55-,56-,57-,58-/m0/s1. The molecule has 2 saturated heterocycles. The van der Waals surface area contributed by atoms with E-state index < -0.39 is 71.7 Å². The van der Waals surface area contributed by atoms with Crippen LogP contribution in [-0.2, 0) is 54.5 Å². The van der Waals surface area contributed by atoms with Gasteiger partial charge < -0.3 is 53.2 Å². The molecule has 8 amide bonds. The van der Waals surface area contributed by atoms with E-state index in [2.05, 4.69) is 36.9 Å². The number of hydrogen-bond donors (Lipinski definition) is 8. The zero-order valence-corrected chi connectivity index (χ0v) is 49.1. The lowest BCUT2D eigenvalue weighted by Gasteiger charge is -2.30. The first-order valence-corrected chi connectivity index (χ1v) is 30.1. The van der Waals surface area contributed by atoms with E-state index in [9.17, 15) is 33.6 Å². The van der Waals surface area contributed by atoms with Crippen molar-refractivity contribution in [3.8, 4) is 0 Å². The second-order valence-electron chi connectivity index (χ2n) is 21.8. The molecule has 4 aromatic carbocycles. The summed E-state index contributed by atoms with van der Waals surface area (Å²) in [5.74, 6) is -4.01. The number of carbonyl (C=O) groups is 8. The second-order valence-corrected chi connectivity index (χ2v) is 21.8. The number of carbonyl (C=O) groups excluding carboxylic acids is 8. The Morgan fingerprint density at radius 2 is 1.02 bits per heavy atom. The second kappa shape index (κ2) is 31.3. The van der Waals surface area contributed by atoms with Crippen LogP contribution in [0.25, 0.3) is 21.7 Å². The number of rotatable bonds is 28. The van der Waals surface area contributed by atoms with Crippen LogP contribution in [0, 0.1) is 0 Å². The van der Waals surface area contributed by atoms with E-state index in [0.717, 1.165) is 27.3 Å². The maximum atomic E-state index is 15.2. The molecular weight excluding hydrogens is 1090 g/mol.